The smallest absolute Gasteiger partial charge is 0.0802 e. The van der Waals surface area contributed by atoms with E-state index in [9.17, 15) is 5.11 Å². The minimum atomic E-state index is -0.452. The molecular weight excluding hydrogens is 290 g/mol. The molecule has 0 radical (unpaired) electrons. The lowest BCUT2D eigenvalue weighted by atomic mass is 10.0. The highest BCUT2D eigenvalue weighted by Crippen LogP contribution is 2.22. The van der Waals surface area contributed by atoms with E-state index in [-0.39, 0.29) is 0 Å². The van der Waals surface area contributed by atoms with Gasteiger partial charge in [0.2, 0.25) is 0 Å². The molecule has 0 fully saturated rings. The maximum Gasteiger partial charge on any atom is 0.0802 e. The van der Waals surface area contributed by atoms with Gasteiger partial charge in [0.25, 0.3) is 0 Å². The number of methoxy groups -OCH3 is 2. The van der Waals surface area contributed by atoms with Crippen molar-refractivity contribution < 1.29 is 14.6 Å². The first kappa shape index (κ1) is 17.9. The van der Waals surface area contributed by atoms with Gasteiger partial charge in [0.15, 0.2) is 0 Å². The highest BCUT2D eigenvalue weighted by atomic mass is 16.5. The van der Waals surface area contributed by atoms with E-state index in [1.807, 2.05) is 18.2 Å². The summed E-state index contributed by atoms with van der Waals surface area (Å²) in [5.74, 6) is 0. The van der Waals surface area contributed by atoms with Crippen molar-refractivity contribution in [2.24, 2.45) is 0 Å². The first-order valence-electron chi connectivity index (χ1n) is 8.11. The monoisotopic (exact) mass is 317 g/mol. The molecule has 0 aliphatic heterocycles. The second-order valence-corrected chi connectivity index (χ2v) is 5.74. The molecule has 0 amide bonds. The van der Waals surface area contributed by atoms with Gasteiger partial charge < -0.3 is 14.6 Å². The van der Waals surface area contributed by atoms with Crippen LogP contribution in [-0.4, -0.2) is 57.1 Å². The number of rotatable bonds is 10. The van der Waals surface area contributed by atoms with Gasteiger partial charge >= 0.3 is 0 Å². The Morgan fingerprint density at radius 1 is 0.913 bits per heavy atom. The van der Waals surface area contributed by atoms with Crippen molar-refractivity contribution in [2.45, 2.75) is 12.5 Å². The Balaban J connectivity index is 1.93. The molecule has 0 saturated heterocycles. The highest BCUT2D eigenvalue weighted by molar-refractivity contribution is 5.83. The van der Waals surface area contributed by atoms with Gasteiger partial charge in [0.05, 0.1) is 19.3 Å². The lowest BCUT2D eigenvalue weighted by Gasteiger charge is -2.23. The van der Waals surface area contributed by atoms with Crippen LogP contribution in [0.25, 0.3) is 10.8 Å². The third kappa shape index (κ3) is 5.59. The van der Waals surface area contributed by atoms with E-state index < -0.39 is 6.10 Å². The molecule has 2 aromatic carbocycles. The van der Waals surface area contributed by atoms with Crippen LogP contribution < -0.4 is 0 Å². The molecule has 0 bridgehead atoms. The molecule has 4 heteroatoms. The molecule has 23 heavy (non-hydrogen) atoms. The lowest BCUT2D eigenvalue weighted by molar-refractivity contribution is 0.0945. The maximum absolute atomic E-state index is 10.5. The minimum absolute atomic E-state index is 0.452. The Hall–Kier alpha value is -1.46. The van der Waals surface area contributed by atoms with Gasteiger partial charge in [-0.1, -0.05) is 36.4 Å². The predicted molar refractivity (Wildman–Crippen MR) is 93.7 cm³/mol. The second kappa shape index (κ2) is 9.63. The largest absolute Gasteiger partial charge is 0.388 e. The summed E-state index contributed by atoms with van der Waals surface area (Å²) in [6.45, 7) is 3.90. The van der Waals surface area contributed by atoms with E-state index in [0.29, 0.717) is 19.6 Å². The Bertz CT molecular complexity index is 580. The van der Waals surface area contributed by atoms with Crippen LogP contribution in [0.4, 0.5) is 0 Å². The molecular formula is C19H27NO3. The van der Waals surface area contributed by atoms with E-state index in [0.717, 1.165) is 25.2 Å². The summed E-state index contributed by atoms with van der Waals surface area (Å²) in [4.78, 5) is 2.26. The molecule has 0 spiro atoms. The average molecular weight is 317 g/mol. The van der Waals surface area contributed by atoms with E-state index in [1.54, 1.807) is 14.2 Å². The topological polar surface area (TPSA) is 41.9 Å². The summed E-state index contributed by atoms with van der Waals surface area (Å²) < 4.78 is 10.3. The molecule has 0 aliphatic carbocycles. The van der Waals surface area contributed by atoms with Crippen molar-refractivity contribution in [3.05, 3.63) is 48.0 Å². The van der Waals surface area contributed by atoms with Gasteiger partial charge in [-0.15, -0.1) is 0 Å². The van der Waals surface area contributed by atoms with Gasteiger partial charge in [-0.25, -0.2) is 0 Å². The molecule has 0 aromatic heterocycles. The number of benzene rings is 2. The Labute approximate surface area is 138 Å². The first-order valence-corrected chi connectivity index (χ1v) is 8.11. The van der Waals surface area contributed by atoms with Gasteiger partial charge in [0, 0.05) is 33.9 Å². The average Bonchev–Trinajstić information content (AvgIpc) is 2.60. The quantitative estimate of drug-likeness (QED) is 0.732. The van der Waals surface area contributed by atoms with Crippen LogP contribution in [0.15, 0.2) is 42.5 Å². The van der Waals surface area contributed by atoms with E-state index in [2.05, 4.69) is 29.2 Å². The first-order chi connectivity index (χ1) is 11.2. The van der Waals surface area contributed by atoms with E-state index in [4.69, 9.17) is 9.47 Å². The standard InChI is InChI=1S/C19H27NO3/c1-22-13-11-20(12-14-23-2)10-9-19(21)18-8-7-16-5-3-4-6-17(16)15-18/h3-8,15,19,21H,9-14H2,1-2H3. The summed E-state index contributed by atoms with van der Waals surface area (Å²) in [5.41, 5.74) is 0.974. The zero-order valence-corrected chi connectivity index (χ0v) is 14.1. The van der Waals surface area contributed by atoms with Crippen molar-refractivity contribution in [1.29, 1.82) is 0 Å². The number of fused-ring (bicyclic) bond motifs is 1. The molecule has 126 valence electrons. The Morgan fingerprint density at radius 3 is 2.22 bits per heavy atom. The summed E-state index contributed by atoms with van der Waals surface area (Å²) in [5, 5.41) is 12.9. The van der Waals surface area contributed by atoms with Gasteiger partial charge in [-0.2, -0.15) is 0 Å². The fourth-order valence-corrected chi connectivity index (χ4v) is 2.66. The number of hydrogen-bond donors (Lipinski definition) is 1. The van der Waals surface area contributed by atoms with Gasteiger partial charge in [-0.05, 0) is 28.8 Å². The normalized spacial score (nSPS) is 12.9. The minimum Gasteiger partial charge on any atom is -0.388 e. The van der Waals surface area contributed by atoms with Crippen LogP contribution in [0.3, 0.4) is 0 Å². The molecule has 1 N–H and O–H groups in total. The molecule has 2 rings (SSSR count). The summed E-state index contributed by atoms with van der Waals surface area (Å²) >= 11 is 0. The van der Waals surface area contributed by atoms with Crippen molar-refractivity contribution in [1.82, 2.24) is 4.90 Å². The number of aliphatic hydroxyl groups excluding tert-OH is 1. The number of nitrogens with zero attached hydrogens (tertiary/aromatic N) is 1. The van der Waals surface area contributed by atoms with E-state index >= 15 is 0 Å². The zero-order chi connectivity index (χ0) is 16.5. The molecule has 1 unspecified atom stereocenters. The van der Waals surface area contributed by atoms with Crippen molar-refractivity contribution in [3.63, 3.8) is 0 Å². The Morgan fingerprint density at radius 2 is 1.57 bits per heavy atom. The Kier molecular flexibility index (Phi) is 7.49. The summed E-state index contributed by atoms with van der Waals surface area (Å²) in [6, 6.07) is 14.4. The number of hydrogen-bond acceptors (Lipinski definition) is 4. The van der Waals surface area contributed by atoms with Gasteiger partial charge in [-0.3, -0.25) is 4.90 Å². The molecule has 4 nitrogen and oxygen atoms in total. The molecule has 0 saturated carbocycles. The zero-order valence-electron chi connectivity index (χ0n) is 14.1. The highest BCUT2D eigenvalue weighted by Gasteiger charge is 2.11. The summed E-state index contributed by atoms with van der Waals surface area (Å²) in [6.07, 6.45) is 0.248. The predicted octanol–water partition coefficient (Wildman–Crippen LogP) is 2.86. The fraction of sp³-hybridized carbons (Fsp3) is 0.474. The molecule has 0 heterocycles. The lowest BCUT2D eigenvalue weighted by Crippen LogP contribution is -2.32. The molecule has 0 aliphatic rings. The number of aliphatic hydroxyl groups is 1. The molecule has 2 aromatic rings. The van der Waals surface area contributed by atoms with Crippen LogP contribution >= 0.6 is 0 Å². The second-order valence-electron chi connectivity index (χ2n) is 5.74. The third-order valence-corrected chi connectivity index (χ3v) is 4.10. The van der Waals surface area contributed by atoms with Crippen LogP contribution in [0.2, 0.25) is 0 Å². The SMILES string of the molecule is COCCN(CCOC)CCC(O)c1ccc2ccccc2c1. The van der Waals surface area contributed by atoms with E-state index in [1.165, 1.54) is 10.8 Å². The fourth-order valence-electron chi connectivity index (χ4n) is 2.66. The molecule has 1 atom stereocenters. The summed E-state index contributed by atoms with van der Waals surface area (Å²) in [7, 11) is 3.41. The van der Waals surface area contributed by atoms with Crippen molar-refractivity contribution in [3.8, 4) is 0 Å². The van der Waals surface area contributed by atoms with Crippen LogP contribution in [0.1, 0.15) is 18.1 Å². The van der Waals surface area contributed by atoms with Crippen molar-refractivity contribution >= 4 is 10.8 Å². The van der Waals surface area contributed by atoms with Crippen LogP contribution in [0, 0.1) is 0 Å². The van der Waals surface area contributed by atoms with Crippen molar-refractivity contribution in [2.75, 3.05) is 47.1 Å². The maximum atomic E-state index is 10.5. The number of ether oxygens (including phenoxy) is 2. The van der Waals surface area contributed by atoms with Crippen LogP contribution in [-0.2, 0) is 9.47 Å². The van der Waals surface area contributed by atoms with Crippen LogP contribution in [0.5, 0.6) is 0 Å². The third-order valence-electron chi connectivity index (χ3n) is 4.10. The van der Waals surface area contributed by atoms with Gasteiger partial charge in [0.1, 0.15) is 0 Å².